The largest absolute Gasteiger partial charge is 0.324 e. The van der Waals surface area contributed by atoms with Crippen LogP contribution in [0.2, 0.25) is 0 Å². The molecule has 0 fully saturated rings. The summed E-state index contributed by atoms with van der Waals surface area (Å²) in [5.74, 6) is 1.14. The summed E-state index contributed by atoms with van der Waals surface area (Å²) in [6, 6.07) is 5.87. The van der Waals surface area contributed by atoms with E-state index < -0.39 is 0 Å². The fourth-order valence-electron chi connectivity index (χ4n) is 3.22. The average Bonchev–Trinajstić information content (AvgIpc) is 2.55. The van der Waals surface area contributed by atoms with Gasteiger partial charge in [-0.2, -0.15) is 0 Å². The number of rotatable bonds is 4. The number of aryl methyl sites for hydroxylation is 1. The predicted molar refractivity (Wildman–Crippen MR) is 95.2 cm³/mol. The molecule has 1 heterocycles. The molecule has 24 heavy (non-hydrogen) atoms. The van der Waals surface area contributed by atoms with Crippen LogP contribution in [0.3, 0.4) is 0 Å². The van der Waals surface area contributed by atoms with Crippen LogP contribution in [0.15, 0.2) is 36.8 Å². The number of hydrogen-bond donors (Lipinski definition) is 2. The molecule has 0 saturated heterocycles. The van der Waals surface area contributed by atoms with Gasteiger partial charge in [0.25, 0.3) is 0 Å². The molecular formula is C18H23N5O. The number of anilines is 2. The molecule has 2 N–H and O–H groups in total. The summed E-state index contributed by atoms with van der Waals surface area (Å²) in [7, 11) is 4.25. The van der Waals surface area contributed by atoms with Crippen LogP contribution in [-0.2, 0) is 12.8 Å². The molecule has 0 bridgehead atoms. The monoisotopic (exact) mass is 325 g/mol. The molecule has 1 unspecified atom stereocenters. The maximum Gasteiger partial charge on any atom is 0.324 e. The van der Waals surface area contributed by atoms with Gasteiger partial charge in [0.1, 0.15) is 0 Å². The van der Waals surface area contributed by atoms with Crippen molar-refractivity contribution in [3.63, 3.8) is 0 Å². The van der Waals surface area contributed by atoms with Crippen LogP contribution in [-0.4, -0.2) is 41.5 Å². The van der Waals surface area contributed by atoms with Crippen molar-refractivity contribution in [1.82, 2.24) is 14.9 Å². The molecule has 1 aliphatic carbocycles. The highest BCUT2D eigenvalue weighted by atomic mass is 16.2. The lowest BCUT2D eigenvalue weighted by molar-refractivity contribution is 0.262. The molecule has 6 nitrogen and oxygen atoms in total. The van der Waals surface area contributed by atoms with Gasteiger partial charge in [-0.25, -0.2) is 9.78 Å². The Balaban J connectivity index is 1.61. The number of aromatic nitrogens is 2. The van der Waals surface area contributed by atoms with Gasteiger partial charge in [-0.15, -0.1) is 0 Å². The van der Waals surface area contributed by atoms with E-state index in [-0.39, 0.29) is 6.03 Å². The van der Waals surface area contributed by atoms with Crippen molar-refractivity contribution in [3.05, 3.63) is 47.9 Å². The van der Waals surface area contributed by atoms with Crippen LogP contribution in [0.1, 0.15) is 17.5 Å². The SMILES string of the molecule is CN(C)CC1CCc2cc(NC(=O)Nc3cnccn3)ccc2C1. The van der Waals surface area contributed by atoms with Crippen LogP contribution in [0.5, 0.6) is 0 Å². The van der Waals surface area contributed by atoms with E-state index in [1.165, 1.54) is 23.7 Å². The van der Waals surface area contributed by atoms with E-state index in [4.69, 9.17) is 0 Å². The van der Waals surface area contributed by atoms with Crippen molar-refractivity contribution in [3.8, 4) is 0 Å². The van der Waals surface area contributed by atoms with Crippen molar-refractivity contribution >= 4 is 17.5 Å². The maximum atomic E-state index is 12.0. The predicted octanol–water partition coefficient (Wildman–Crippen LogP) is 2.79. The molecule has 0 saturated carbocycles. The normalized spacial score (nSPS) is 16.5. The molecule has 3 rings (SSSR count). The standard InChI is InChI=1S/C18H23N5O/c1-23(2)12-13-3-4-15-10-16(6-5-14(15)9-13)21-18(24)22-17-11-19-7-8-20-17/h5-8,10-11,13H,3-4,9,12H2,1-2H3,(H2,20,21,22,24). The summed E-state index contributed by atoms with van der Waals surface area (Å²) in [6.45, 7) is 1.12. The van der Waals surface area contributed by atoms with Gasteiger partial charge in [0.2, 0.25) is 0 Å². The number of hydrogen-bond acceptors (Lipinski definition) is 4. The molecule has 1 aromatic heterocycles. The molecule has 0 radical (unpaired) electrons. The zero-order chi connectivity index (χ0) is 16.9. The number of amides is 2. The second kappa shape index (κ2) is 7.40. The quantitative estimate of drug-likeness (QED) is 0.907. The van der Waals surface area contributed by atoms with E-state index in [0.717, 1.165) is 25.1 Å². The molecular weight excluding hydrogens is 302 g/mol. The first-order valence-electron chi connectivity index (χ1n) is 8.20. The molecule has 1 atom stereocenters. The van der Waals surface area contributed by atoms with E-state index in [2.05, 4.69) is 51.7 Å². The summed E-state index contributed by atoms with van der Waals surface area (Å²) in [5, 5.41) is 5.53. The first-order chi connectivity index (χ1) is 11.6. The number of urea groups is 1. The number of nitrogens with zero attached hydrogens (tertiary/aromatic N) is 3. The molecule has 0 aliphatic heterocycles. The molecule has 2 aromatic rings. The topological polar surface area (TPSA) is 70.2 Å². The molecule has 0 spiro atoms. The average molecular weight is 325 g/mol. The zero-order valence-electron chi connectivity index (χ0n) is 14.1. The van der Waals surface area contributed by atoms with Gasteiger partial charge in [0.15, 0.2) is 5.82 Å². The summed E-state index contributed by atoms with van der Waals surface area (Å²) >= 11 is 0. The number of fused-ring (bicyclic) bond motifs is 1. The highest BCUT2D eigenvalue weighted by Crippen LogP contribution is 2.28. The fourth-order valence-corrected chi connectivity index (χ4v) is 3.22. The first-order valence-corrected chi connectivity index (χ1v) is 8.20. The molecule has 1 aliphatic rings. The Hall–Kier alpha value is -2.47. The third kappa shape index (κ3) is 4.29. The van der Waals surface area contributed by atoms with Gasteiger partial charge in [-0.1, -0.05) is 6.07 Å². The van der Waals surface area contributed by atoms with Crippen molar-refractivity contribution < 1.29 is 4.79 Å². The summed E-state index contributed by atoms with van der Waals surface area (Å²) in [6.07, 6.45) is 7.99. The number of benzene rings is 1. The minimum Gasteiger partial charge on any atom is -0.309 e. The highest BCUT2D eigenvalue weighted by molar-refractivity contribution is 5.99. The van der Waals surface area contributed by atoms with Crippen LogP contribution in [0.25, 0.3) is 0 Å². The number of nitrogens with one attached hydrogen (secondary N) is 2. The summed E-state index contributed by atoms with van der Waals surface area (Å²) in [5.41, 5.74) is 3.54. The third-order valence-corrected chi connectivity index (χ3v) is 4.22. The molecule has 2 amide bonds. The second-order valence-corrected chi connectivity index (χ2v) is 6.52. The Labute approximate surface area is 142 Å². The third-order valence-electron chi connectivity index (χ3n) is 4.22. The van der Waals surface area contributed by atoms with E-state index in [0.29, 0.717) is 11.7 Å². The van der Waals surface area contributed by atoms with Gasteiger partial charge < -0.3 is 10.2 Å². The van der Waals surface area contributed by atoms with Crippen LogP contribution in [0, 0.1) is 5.92 Å². The van der Waals surface area contributed by atoms with Gasteiger partial charge in [0.05, 0.1) is 6.20 Å². The maximum absolute atomic E-state index is 12.0. The second-order valence-electron chi connectivity index (χ2n) is 6.52. The van der Waals surface area contributed by atoms with Crippen molar-refractivity contribution in [1.29, 1.82) is 0 Å². The van der Waals surface area contributed by atoms with Gasteiger partial charge >= 0.3 is 6.03 Å². The Bertz CT molecular complexity index is 702. The van der Waals surface area contributed by atoms with E-state index in [1.54, 1.807) is 12.4 Å². The molecule has 1 aromatic carbocycles. The van der Waals surface area contributed by atoms with Crippen molar-refractivity contribution in [2.45, 2.75) is 19.3 Å². The Morgan fingerprint density at radius 2 is 2.12 bits per heavy atom. The highest BCUT2D eigenvalue weighted by Gasteiger charge is 2.19. The first kappa shape index (κ1) is 16.4. The number of carbonyl (C=O) groups is 1. The summed E-state index contributed by atoms with van der Waals surface area (Å²) < 4.78 is 0. The minimum atomic E-state index is -0.309. The molecule has 126 valence electrons. The van der Waals surface area contributed by atoms with Gasteiger partial charge in [-0.05, 0) is 62.5 Å². The van der Waals surface area contributed by atoms with Crippen LogP contribution in [0.4, 0.5) is 16.3 Å². The Morgan fingerprint density at radius 3 is 2.88 bits per heavy atom. The Morgan fingerprint density at radius 1 is 1.25 bits per heavy atom. The van der Waals surface area contributed by atoms with E-state index >= 15 is 0 Å². The lowest BCUT2D eigenvalue weighted by Gasteiger charge is -2.27. The van der Waals surface area contributed by atoms with Crippen LogP contribution < -0.4 is 10.6 Å². The lowest BCUT2D eigenvalue weighted by atomic mass is 9.83. The molecule has 6 heteroatoms. The van der Waals surface area contributed by atoms with Crippen LogP contribution >= 0.6 is 0 Å². The van der Waals surface area contributed by atoms with E-state index in [1.807, 2.05) is 6.07 Å². The van der Waals surface area contributed by atoms with Crippen molar-refractivity contribution in [2.75, 3.05) is 31.3 Å². The smallest absolute Gasteiger partial charge is 0.309 e. The lowest BCUT2D eigenvalue weighted by Crippen LogP contribution is -2.26. The zero-order valence-corrected chi connectivity index (χ0v) is 14.1. The number of carbonyl (C=O) groups excluding carboxylic acids is 1. The van der Waals surface area contributed by atoms with Gasteiger partial charge in [-0.3, -0.25) is 10.3 Å². The summed E-state index contributed by atoms with van der Waals surface area (Å²) in [4.78, 5) is 22.2. The Kier molecular flexibility index (Phi) is 5.05. The van der Waals surface area contributed by atoms with E-state index in [9.17, 15) is 4.79 Å². The van der Waals surface area contributed by atoms with Gasteiger partial charge in [0, 0.05) is 24.6 Å². The fraction of sp³-hybridized carbons (Fsp3) is 0.389. The van der Waals surface area contributed by atoms with Crippen molar-refractivity contribution in [2.24, 2.45) is 5.92 Å². The minimum absolute atomic E-state index is 0.309.